The second-order valence-corrected chi connectivity index (χ2v) is 5.46. The molecule has 1 aromatic carbocycles. The van der Waals surface area contributed by atoms with Gasteiger partial charge in [-0.2, -0.15) is 0 Å². The van der Waals surface area contributed by atoms with Crippen molar-refractivity contribution in [2.45, 2.75) is 31.6 Å². The fraction of sp³-hybridized carbons (Fsp3) is 0.600. The van der Waals surface area contributed by atoms with E-state index in [4.69, 9.17) is 4.74 Å². The van der Waals surface area contributed by atoms with Crippen molar-refractivity contribution in [3.05, 3.63) is 29.6 Å². The van der Waals surface area contributed by atoms with E-state index in [1.165, 1.54) is 18.4 Å². The lowest BCUT2D eigenvalue weighted by molar-refractivity contribution is 0.213. The van der Waals surface area contributed by atoms with Crippen molar-refractivity contribution in [2.75, 3.05) is 19.7 Å². The van der Waals surface area contributed by atoms with Gasteiger partial charge in [0.15, 0.2) is 0 Å². The molecular formula is C15H20FNO. The Balaban J connectivity index is 1.65. The average Bonchev–Trinajstić information content (AvgIpc) is 3.22. The zero-order valence-electron chi connectivity index (χ0n) is 10.6. The molecule has 1 heterocycles. The normalized spacial score (nSPS) is 20.9. The molecule has 1 aliphatic carbocycles. The Kier molecular flexibility index (Phi) is 3.50. The molecule has 3 heteroatoms. The standard InChI is InChI=1S/C15H20FNO/c16-13-3-4-14(12-1-2-12)15(9-13)18-10-11-5-7-17-8-6-11/h3-4,9,11-12,17H,1-2,5-8,10H2. The van der Waals surface area contributed by atoms with Gasteiger partial charge in [-0.3, -0.25) is 0 Å². The summed E-state index contributed by atoms with van der Waals surface area (Å²) in [6.07, 6.45) is 4.76. The van der Waals surface area contributed by atoms with Crippen molar-refractivity contribution in [1.29, 1.82) is 0 Å². The monoisotopic (exact) mass is 249 g/mol. The molecule has 1 N–H and O–H groups in total. The van der Waals surface area contributed by atoms with Crippen molar-refractivity contribution in [3.8, 4) is 5.75 Å². The van der Waals surface area contributed by atoms with Crippen LogP contribution in [0.4, 0.5) is 4.39 Å². The summed E-state index contributed by atoms with van der Waals surface area (Å²) in [4.78, 5) is 0. The maximum Gasteiger partial charge on any atom is 0.126 e. The van der Waals surface area contributed by atoms with Crippen molar-refractivity contribution < 1.29 is 9.13 Å². The van der Waals surface area contributed by atoms with Gasteiger partial charge in [-0.1, -0.05) is 6.07 Å². The minimum atomic E-state index is -0.195. The largest absolute Gasteiger partial charge is 0.493 e. The van der Waals surface area contributed by atoms with E-state index >= 15 is 0 Å². The molecule has 2 nitrogen and oxygen atoms in total. The van der Waals surface area contributed by atoms with Crippen LogP contribution in [0.15, 0.2) is 18.2 Å². The molecule has 0 amide bonds. The molecule has 0 bridgehead atoms. The van der Waals surface area contributed by atoms with Gasteiger partial charge in [-0.15, -0.1) is 0 Å². The highest BCUT2D eigenvalue weighted by atomic mass is 19.1. The van der Waals surface area contributed by atoms with Gasteiger partial charge in [-0.25, -0.2) is 4.39 Å². The molecular weight excluding hydrogens is 229 g/mol. The van der Waals surface area contributed by atoms with Crippen molar-refractivity contribution in [1.82, 2.24) is 5.32 Å². The minimum absolute atomic E-state index is 0.195. The van der Waals surface area contributed by atoms with Gasteiger partial charge in [0.05, 0.1) is 6.61 Å². The van der Waals surface area contributed by atoms with Crippen LogP contribution in [0.1, 0.15) is 37.2 Å². The molecule has 1 aromatic rings. The Morgan fingerprint density at radius 3 is 2.67 bits per heavy atom. The van der Waals surface area contributed by atoms with E-state index in [2.05, 4.69) is 5.32 Å². The summed E-state index contributed by atoms with van der Waals surface area (Å²) >= 11 is 0. The van der Waals surface area contributed by atoms with Gasteiger partial charge in [0.2, 0.25) is 0 Å². The molecule has 2 aliphatic rings. The fourth-order valence-corrected chi connectivity index (χ4v) is 2.62. The van der Waals surface area contributed by atoms with Crippen molar-refractivity contribution in [2.24, 2.45) is 5.92 Å². The van der Waals surface area contributed by atoms with Crippen LogP contribution in [0, 0.1) is 11.7 Å². The van der Waals surface area contributed by atoms with Crippen LogP contribution in [-0.2, 0) is 0 Å². The predicted molar refractivity (Wildman–Crippen MR) is 69.5 cm³/mol. The molecule has 1 saturated heterocycles. The average molecular weight is 249 g/mol. The molecule has 0 radical (unpaired) electrons. The smallest absolute Gasteiger partial charge is 0.126 e. The van der Waals surface area contributed by atoms with Crippen LogP contribution in [0.25, 0.3) is 0 Å². The van der Waals surface area contributed by atoms with Crippen LogP contribution >= 0.6 is 0 Å². The highest BCUT2D eigenvalue weighted by molar-refractivity contribution is 5.39. The summed E-state index contributed by atoms with van der Waals surface area (Å²) in [5, 5.41) is 3.35. The first-order chi connectivity index (χ1) is 8.83. The Bertz CT molecular complexity index is 411. The molecule has 3 rings (SSSR count). The Morgan fingerprint density at radius 1 is 1.17 bits per heavy atom. The van der Waals surface area contributed by atoms with E-state index in [0.29, 0.717) is 11.8 Å². The summed E-state index contributed by atoms with van der Waals surface area (Å²) in [7, 11) is 0. The Morgan fingerprint density at radius 2 is 1.94 bits per heavy atom. The van der Waals surface area contributed by atoms with Crippen LogP contribution < -0.4 is 10.1 Å². The highest BCUT2D eigenvalue weighted by Crippen LogP contribution is 2.44. The lowest BCUT2D eigenvalue weighted by Gasteiger charge is -2.23. The maximum absolute atomic E-state index is 13.3. The fourth-order valence-electron chi connectivity index (χ4n) is 2.62. The van der Waals surface area contributed by atoms with Crippen LogP contribution in [0.3, 0.4) is 0 Å². The van der Waals surface area contributed by atoms with Crippen molar-refractivity contribution in [3.63, 3.8) is 0 Å². The summed E-state index contributed by atoms with van der Waals surface area (Å²) in [6.45, 7) is 2.88. The lowest BCUT2D eigenvalue weighted by Crippen LogP contribution is -2.30. The lowest BCUT2D eigenvalue weighted by atomic mass is 9.99. The van der Waals surface area contributed by atoms with Gasteiger partial charge < -0.3 is 10.1 Å². The SMILES string of the molecule is Fc1ccc(C2CC2)c(OCC2CCNCC2)c1. The Hall–Kier alpha value is -1.09. The highest BCUT2D eigenvalue weighted by Gasteiger charge is 2.27. The number of ether oxygens (including phenoxy) is 1. The first-order valence-corrected chi connectivity index (χ1v) is 6.96. The number of piperidine rings is 1. The molecule has 1 saturated carbocycles. The predicted octanol–water partition coefficient (Wildman–Crippen LogP) is 3.08. The summed E-state index contributed by atoms with van der Waals surface area (Å²) < 4.78 is 19.2. The molecule has 0 unspecified atom stereocenters. The van der Waals surface area contributed by atoms with Gasteiger partial charge in [0.1, 0.15) is 11.6 Å². The molecule has 18 heavy (non-hydrogen) atoms. The van der Waals surface area contributed by atoms with E-state index in [9.17, 15) is 4.39 Å². The maximum atomic E-state index is 13.3. The molecule has 0 spiro atoms. The van der Waals surface area contributed by atoms with E-state index in [-0.39, 0.29) is 5.82 Å². The van der Waals surface area contributed by atoms with Gasteiger partial charge in [-0.05, 0) is 62.2 Å². The third kappa shape index (κ3) is 2.83. The Labute approximate surface area is 108 Å². The third-order valence-electron chi connectivity index (χ3n) is 3.93. The van der Waals surface area contributed by atoms with Crippen LogP contribution in [0.5, 0.6) is 5.75 Å². The summed E-state index contributed by atoms with van der Waals surface area (Å²) in [5.74, 6) is 1.80. The van der Waals surface area contributed by atoms with E-state index in [0.717, 1.165) is 38.3 Å². The van der Waals surface area contributed by atoms with E-state index in [1.807, 2.05) is 6.07 Å². The minimum Gasteiger partial charge on any atom is -0.493 e. The molecule has 98 valence electrons. The zero-order chi connectivity index (χ0) is 12.4. The van der Waals surface area contributed by atoms with Gasteiger partial charge in [0.25, 0.3) is 0 Å². The summed E-state index contributed by atoms with van der Waals surface area (Å²) in [5.41, 5.74) is 1.20. The molecule has 0 aromatic heterocycles. The third-order valence-corrected chi connectivity index (χ3v) is 3.93. The number of halogens is 1. The second-order valence-electron chi connectivity index (χ2n) is 5.46. The first kappa shape index (κ1) is 12.0. The van der Waals surface area contributed by atoms with E-state index < -0.39 is 0 Å². The number of hydrogen-bond donors (Lipinski definition) is 1. The second kappa shape index (κ2) is 5.27. The number of nitrogens with one attached hydrogen (secondary N) is 1. The topological polar surface area (TPSA) is 21.3 Å². The number of benzene rings is 1. The number of rotatable bonds is 4. The van der Waals surface area contributed by atoms with E-state index in [1.54, 1.807) is 12.1 Å². The number of hydrogen-bond acceptors (Lipinski definition) is 2. The van der Waals surface area contributed by atoms with Gasteiger partial charge >= 0.3 is 0 Å². The van der Waals surface area contributed by atoms with Gasteiger partial charge in [0, 0.05) is 6.07 Å². The first-order valence-electron chi connectivity index (χ1n) is 6.96. The van der Waals surface area contributed by atoms with Crippen LogP contribution in [-0.4, -0.2) is 19.7 Å². The molecule has 2 fully saturated rings. The summed E-state index contributed by atoms with van der Waals surface area (Å²) in [6, 6.07) is 4.99. The quantitative estimate of drug-likeness (QED) is 0.885. The van der Waals surface area contributed by atoms with Crippen molar-refractivity contribution >= 4 is 0 Å². The molecule has 1 aliphatic heterocycles. The zero-order valence-corrected chi connectivity index (χ0v) is 10.6. The molecule has 0 atom stereocenters. The van der Waals surface area contributed by atoms with Crippen LogP contribution in [0.2, 0.25) is 0 Å².